The van der Waals surface area contributed by atoms with E-state index >= 15 is 0 Å². The van der Waals surface area contributed by atoms with Gasteiger partial charge in [0.25, 0.3) is 0 Å². The number of nitrogens with zero attached hydrogens (tertiary/aromatic N) is 1. The zero-order chi connectivity index (χ0) is 15.5. The third-order valence-corrected chi connectivity index (χ3v) is 4.48. The maximum Gasteiger partial charge on any atom is 0.348 e. The molecule has 6 nitrogen and oxygen atoms in total. The molecule has 0 spiro atoms. The molecule has 0 aliphatic rings. The fourth-order valence-corrected chi connectivity index (χ4v) is 3.11. The van der Waals surface area contributed by atoms with Crippen LogP contribution >= 0.6 is 22.7 Å². The molecule has 0 atom stereocenters. The molecule has 0 bridgehead atoms. The van der Waals surface area contributed by atoms with Gasteiger partial charge in [0.05, 0.1) is 16.6 Å². The van der Waals surface area contributed by atoms with E-state index in [1.165, 1.54) is 29.0 Å². The Morgan fingerprint density at radius 3 is 2.91 bits per heavy atom. The third-order valence-electron chi connectivity index (χ3n) is 2.72. The third kappa shape index (κ3) is 3.07. The second-order valence-electron chi connectivity index (χ2n) is 4.25. The minimum Gasteiger partial charge on any atom is -0.453 e. The topological polar surface area (TPSA) is 95.4 Å². The molecule has 3 aromatic heterocycles. The number of carbonyl (C=O) groups is 2. The van der Waals surface area contributed by atoms with Crippen molar-refractivity contribution in [2.24, 2.45) is 5.73 Å². The smallest absolute Gasteiger partial charge is 0.348 e. The quantitative estimate of drug-likeness (QED) is 0.724. The molecule has 3 rings (SSSR count). The van der Waals surface area contributed by atoms with Crippen LogP contribution in [0.25, 0.3) is 10.8 Å². The lowest BCUT2D eigenvalue weighted by molar-refractivity contribution is 0.0452. The van der Waals surface area contributed by atoms with E-state index in [1.54, 1.807) is 0 Å². The summed E-state index contributed by atoms with van der Waals surface area (Å²) in [4.78, 5) is 28.2. The normalized spacial score (nSPS) is 10.5. The van der Waals surface area contributed by atoms with Crippen LogP contribution in [-0.2, 0) is 11.3 Å². The second kappa shape index (κ2) is 6.12. The van der Waals surface area contributed by atoms with Crippen molar-refractivity contribution >= 4 is 34.6 Å². The van der Waals surface area contributed by atoms with Gasteiger partial charge >= 0.3 is 5.97 Å². The molecule has 112 valence electrons. The Balaban J connectivity index is 1.62. The number of hydrogen-bond donors (Lipinski definition) is 1. The predicted molar refractivity (Wildman–Crippen MR) is 81.8 cm³/mol. The number of ether oxygens (including phenoxy) is 1. The number of aromatic nitrogens is 1. The summed E-state index contributed by atoms with van der Waals surface area (Å²) in [6, 6.07) is 5.20. The lowest BCUT2D eigenvalue weighted by Crippen LogP contribution is -2.09. The summed E-state index contributed by atoms with van der Waals surface area (Å²) in [5.41, 5.74) is 5.42. The standard InChI is InChI=1S/C14H10N2O4S2/c15-12(17)8-4-11(22-7-8)14(18)19-6-9-5-16-13(20-9)10-2-1-3-21-10/h1-5,7H,6H2,(H2,15,17). The maximum absolute atomic E-state index is 11.9. The van der Waals surface area contributed by atoms with Crippen LogP contribution in [0.3, 0.4) is 0 Å². The number of carbonyl (C=O) groups excluding carboxylic acids is 2. The Kier molecular flexibility index (Phi) is 4.03. The number of amides is 1. The Labute approximate surface area is 133 Å². The summed E-state index contributed by atoms with van der Waals surface area (Å²) in [5.74, 6) is -0.172. The molecule has 3 aromatic rings. The van der Waals surface area contributed by atoms with Crippen LogP contribution in [0.1, 0.15) is 25.8 Å². The Morgan fingerprint density at radius 1 is 1.36 bits per heavy atom. The van der Waals surface area contributed by atoms with E-state index in [-0.39, 0.29) is 12.2 Å². The first-order valence-electron chi connectivity index (χ1n) is 6.17. The van der Waals surface area contributed by atoms with E-state index in [0.717, 1.165) is 16.2 Å². The number of rotatable bonds is 5. The second-order valence-corrected chi connectivity index (χ2v) is 6.11. The molecule has 2 N–H and O–H groups in total. The number of esters is 1. The van der Waals surface area contributed by atoms with E-state index in [0.29, 0.717) is 16.5 Å². The average molecular weight is 334 g/mol. The fourth-order valence-electron chi connectivity index (χ4n) is 1.67. The molecule has 0 saturated carbocycles. The monoisotopic (exact) mass is 334 g/mol. The average Bonchev–Trinajstić information content (AvgIpc) is 3.23. The van der Waals surface area contributed by atoms with Crippen molar-refractivity contribution in [3.05, 3.63) is 51.4 Å². The molecule has 0 aliphatic heterocycles. The van der Waals surface area contributed by atoms with Gasteiger partial charge in [-0.1, -0.05) is 6.07 Å². The molecule has 1 amide bonds. The van der Waals surface area contributed by atoms with Gasteiger partial charge in [-0.15, -0.1) is 22.7 Å². The highest BCUT2D eigenvalue weighted by Gasteiger charge is 2.14. The first-order valence-corrected chi connectivity index (χ1v) is 7.93. The van der Waals surface area contributed by atoms with Gasteiger partial charge < -0.3 is 14.9 Å². The van der Waals surface area contributed by atoms with E-state index in [2.05, 4.69) is 4.98 Å². The van der Waals surface area contributed by atoms with Crippen molar-refractivity contribution in [1.29, 1.82) is 0 Å². The summed E-state index contributed by atoms with van der Waals surface area (Å²) in [5, 5.41) is 3.44. The first kappa shape index (κ1) is 14.5. The van der Waals surface area contributed by atoms with Crippen molar-refractivity contribution in [3.63, 3.8) is 0 Å². The molecule has 0 aliphatic carbocycles. The number of primary amides is 1. The van der Waals surface area contributed by atoms with Crippen LogP contribution in [0.4, 0.5) is 0 Å². The summed E-state index contributed by atoms with van der Waals surface area (Å²) >= 11 is 2.61. The Morgan fingerprint density at radius 2 is 2.23 bits per heavy atom. The van der Waals surface area contributed by atoms with Gasteiger partial charge in [-0.3, -0.25) is 4.79 Å². The zero-order valence-corrected chi connectivity index (χ0v) is 12.8. The molecule has 0 unspecified atom stereocenters. The van der Waals surface area contributed by atoms with Gasteiger partial charge in [-0.25, -0.2) is 9.78 Å². The summed E-state index contributed by atoms with van der Waals surface area (Å²) in [6.07, 6.45) is 1.52. The lowest BCUT2D eigenvalue weighted by Gasteiger charge is -1.99. The highest BCUT2D eigenvalue weighted by atomic mass is 32.1. The van der Waals surface area contributed by atoms with Crippen LogP contribution in [-0.4, -0.2) is 16.9 Å². The molecular formula is C14H10N2O4S2. The largest absolute Gasteiger partial charge is 0.453 e. The molecular weight excluding hydrogens is 324 g/mol. The fraction of sp³-hybridized carbons (Fsp3) is 0.0714. The highest BCUT2D eigenvalue weighted by molar-refractivity contribution is 7.13. The predicted octanol–water partition coefficient (Wildman–Crippen LogP) is 2.92. The number of oxazole rings is 1. The van der Waals surface area contributed by atoms with Crippen molar-refractivity contribution < 1.29 is 18.7 Å². The lowest BCUT2D eigenvalue weighted by atomic mass is 10.3. The molecule has 0 fully saturated rings. The van der Waals surface area contributed by atoms with Crippen molar-refractivity contribution in [2.45, 2.75) is 6.61 Å². The molecule has 8 heteroatoms. The first-order chi connectivity index (χ1) is 10.6. The Bertz CT molecular complexity index is 805. The summed E-state index contributed by atoms with van der Waals surface area (Å²) in [6.45, 7) is -0.0268. The van der Waals surface area contributed by atoms with Gasteiger partial charge in [0.15, 0.2) is 12.4 Å². The summed E-state index contributed by atoms with van der Waals surface area (Å²) in [7, 11) is 0. The van der Waals surface area contributed by atoms with Crippen LogP contribution in [0, 0.1) is 0 Å². The van der Waals surface area contributed by atoms with E-state index in [9.17, 15) is 9.59 Å². The van der Waals surface area contributed by atoms with Crippen LogP contribution in [0.2, 0.25) is 0 Å². The molecule has 22 heavy (non-hydrogen) atoms. The maximum atomic E-state index is 11.9. The van der Waals surface area contributed by atoms with Crippen LogP contribution < -0.4 is 5.73 Å². The van der Waals surface area contributed by atoms with Gasteiger partial charge in [-0.05, 0) is 17.5 Å². The van der Waals surface area contributed by atoms with Gasteiger partial charge in [0, 0.05) is 5.38 Å². The molecule has 0 saturated heterocycles. The SMILES string of the molecule is NC(=O)c1csc(C(=O)OCc2cnc(-c3cccs3)o2)c1. The van der Waals surface area contributed by atoms with E-state index in [4.69, 9.17) is 14.9 Å². The van der Waals surface area contributed by atoms with Crippen molar-refractivity contribution in [2.75, 3.05) is 0 Å². The van der Waals surface area contributed by atoms with Crippen LogP contribution in [0.5, 0.6) is 0 Å². The van der Waals surface area contributed by atoms with Gasteiger partial charge in [0.2, 0.25) is 11.8 Å². The Hall–Kier alpha value is -2.45. The van der Waals surface area contributed by atoms with Crippen LogP contribution in [0.15, 0.2) is 39.6 Å². The highest BCUT2D eigenvalue weighted by Crippen LogP contribution is 2.24. The van der Waals surface area contributed by atoms with E-state index in [1.807, 2.05) is 17.5 Å². The number of thiophene rings is 2. The van der Waals surface area contributed by atoms with Gasteiger partial charge in [-0.2, -0.15) is 0 Å². The van der Waals surface area contributed by atoms with E-state index < -0.39 is 11.9 Å². The molecule has 3 heterocycles. The van der Waals surface area contributed by atoms with Crippen molar-refractivity contribution in [3.8, 4) is 10.8 Å². The zero-order valence-electron chi connectivity index (χ0n) is 11.1. The number of hydrogen-bond acceptors (Lipinski definition) is 7. The molecule has 0 radical (unpaired) electrons. The number of nitrogens with two attached hydrogens (primary N) is 1. The van der Waals surface area contributed by atoms with Gasteiger partial charge in [0.1, 0.15) is 4.88 Å². The van der Waals surface area contributed by atoms with Crippen molar-refractivity contribution in [1.82, 2.24) is 4.98 Å². The molecule has 0 aromatic carbocycles. The summed E-state index contributed by atoms with van der Waals surface area (Å²) < 4.78 is 10.6. The minimum atomic E-state index is -0.578. The minimum absolute atomic E-state index is 0.0268.